The smallest absolute Gasteiger partial charge is 0.252 e. The number of hydrogen-bond acceptors (Lipinski definition) is 4. The fraction of sp³-hybridized carbons (Fsp3) is 0.273. The van der Waals surface area contributed by atoms with Crippen molar-refractivity contribution in [2.45, 2.75) is 33.1 Å². The molecule has 0 aliphatic heterocycles. The van der Waals surface area contributed by atoms with Crippen LogP contribution < -0.4 is 0 Å². The molecular weight excluding hydrogens is 334 g/mol. The molecule has 0 bridgehead atoms. The second-order valence-corrected chi connectivity index (χ2v) is 7.31. The summed E-state index contributed by atoms with van der Waals surface area (Å²) in [5, 5.41) is 4.75. The standard InChI is InChI=1S/C22H23N5/c1-15(2)13-17-6-8-18(9-7-17)16(3)21-25-22-24-12-10-20(27(22)26-21)19-5-4-11-23-14-19/h4-12,14-16H,13H2,1-3H3. The Balaban J connectivity index is 1.68. The zero-order valence-corrected chi connectivity index (χ0v) is 15.9. The van der Waals surface area contributed by atoms with Gasteiger partial charge in [-0.25, -0.2) is 4.98 Å². The highest BCUT2D eigenvalue weighted by Gasteiger charge is 2.17. The molecule has 5 heteroatoms. The molecule has 27 heavy (non-hydrogen) atoms. The molecule has 0 fully saturated rings. The summed E-state index contributed by atoms with van der Waals surface area (Å²) < 4.78 is 1.80. The van der Waals surface area contributed by atoms with E-state index in [1.165, 1.54) is 11.1 Å². The molecule has 0 amide bonds. The molecular formula is C22H23N5. The SMILES string of the molecule is CC(C)Cc1ccc(C(C)c2nc3nccc(-c4cccnc4)n3n2)cc1. The third kappa shape index (κ3) is 3.58. The molecule has 0 aliphatic rings. The Bertz CT molecular complexity index is 1040. The highest BCUT2D eigenvalue weighted by Crippen LogP contribution is 2.24. The first-order chi connectivity index (χ1) is 13.1. The van der Waals surface area contributed by atoms with Crippen molar-refractivity contribution in [3.63, 3.8) is 0 Å². The van der Waals surface area contributed by atoms with Crippen LogP contribution in [0.2, 0.25) is 0 Å². The molecule has 1 atom stereocenters. The Labute approximate surface area is 159 Å². The van der Waals surface area contributed by atoms with Gasteiger partial charge in [0, 0.05) is 30.1 Å². The summed E-state index contributed by atoms with van der Waals surface area (Å²) in [5.74, 6) is 2.14. The zero-order chi connectivity index (χ0) is 18.8. The summed E-state index contributed by atoms with van der Waals surface area (Å²) in [6, 6.07) is 14.7. The second-order valence-electron chi connectivity index (χ2n) is 7.31. The zero-order valence-electron chi connectivity index (χ0n) is 15.9. The number of fused-ring (bicyclic) bond motifs is 1. The van der Waals surface area contributed by atoms with Crippen LogP contribution in [-0.4, -0.2) is 24.6 Å². The number of aromatic nitrogens is 5. The van der Waals surface area contributed by atoms with E-state index in [9.17, 15) is 0 Å². The van der Waals surface area contributed by atoms with Gasteiger partial charge in [-0.1, -0.05) is 45.0 Å². The van der Waals surface area contributed by atoms with Crippen LogP contribution in [0.3, 0.4) is 0 Å². The number of pyridine rings is 1. The molecule has 4 aromatic rings. The first-order valence-electron chi connectivity index (χ1n) is 9.32. The molecule has 3 aromatic heterocycles. The van der Waals surface area contributed by atoms with Crippen LogP contribution in [0.15, 0.2) is 61.1 Å². The van der Waals surface area contributed by atoms with Gasteiger partial charge in [0.05, 0.1) is 5.69 Å². The molecule has 4 rings (SSSR count). The summed E-state index contributed by atoms with van der Waals surface area (Å²) in [6.07, 6.45) is 6.45. The molecule has 0 spiro atoms. The molecule has 0 saturated carbocycles. The average Bonchev–Trinajstić information content (AvgIpc) is 3.12. The molecule has 0 aliphatic carbocycles. The maximum Gasteiger partial charge on any atom is 0.252 e. The predicted octanol–water partition coefficient (Wildman–Crippen LogP) is 4.54. The Morgan fingerprint density at radius 1 is 0.963 bits per heavy atom. The van der Waals surface area contributed by atoms with Crippen molar-refractivity contribution in [1.29, 1.82) is 0 Å². The van der Waals surface area contributed by atoms with E-state index in [0.29, 0.717) is 11.7 Å². The maximum atomic E-state index is 4.75. The Kier molecular flexibility index (Phi) is 4.67. The van der Waals surface area contributed by atoms with Crippen LogP contribution in [-0.2, 0) is 6.42 Å². The Morgan fingerprint density at radius 2 is 1.78 bits per heavy atom. The second kappa shape index (κ2) is 7.27. The van der Waals surface area contributed by atoms with Gasteiger partial charge < -0.3 is 0 Å². The molecule has 0 saturated heterocycles. The van der Waals surface area contributed by atoms with Crippen LogP contribution in [0.1, 0.15) is 43.6 Å². The van der Waals surface area contributed by atoms with Gasteiger partial charge in [-0.05, 0) is 41.7 Å². The molecule has 0 N–H and O–H groups in total. The fourth-order valence-corrected chi connectivity index (χ4v) is 3.29. The lowest BCUT2D eigenvalue weighted by atomic mass is 9.96. The van der Waals surface area contributed by atoms with Crippen LogP contribution in [0.25, 0.3) is 17.0 Å². The molecule has 3 heterocycles. The van der Waals surface area contributed by atoms with Gasteiger partial charge >= 0.3 is 0 Å². The van der Waals surface area contributed by atoms with Crippen molar-refractivity contribution in [1.82, 2.24) is 24.6 Å². The van der Waals surface area contributed by atoms with E-state index in [2.05, 4.69) is 60.0 Å². The van der Waals surface area contributed by atoms with Crippen LogP contribution in [0, 0.1) is 5.92 Å². The van der Waals surface area contributed by atoms with E-state index >= 15 is 0 Å². The largest absolute Gasteiger partial charge is 0.264 e. The van der Waals surface area contributed by atoms with E-state index in [1.54, 1.807) is 16.9 Å². The third-order valence-corrected chi connectivity index (χ3v) is 4.73. The van der Waals surface area contributed by atoms with Crippen LogP contribution >= 0.6 is 0 Å². The van der Waals surface area contributed by atoms with Gasteiger partial charge in [-0.15, -0.1) is 5.10 Å². The summed E-state index contributed by atoms with van der Waals surface area (Å²) in [5.41, 5.74) is 4.50. The van der Waals surface area contributed by atoms with Crippen molar-refractivity contribution in [3.05, 3.63) is 78.0 Å². The van der Waals surface area contributed by atoms with E-state index in [1.807, 2.05) is 24.4 Å². The number of rotatable bonds is 5. The fourth-order valence-electron chi connectivity index (χ4n) is 3.29. The van der Waals surface area contributed by atoms with Crippen molar-refractivity contribution < 1.29 is 0 Å². The first kappa shape index (κ1) is 17.3. The predicted molar refractivity (Wildman–Crippen MR) is 107 cm³/mol. The van der Waals surface area contributed by atoms with Gasteiger partial charge in [-0.2, -0.15) is 9.50 Å². The highest BCUT2D eigenvalue weighted by molar-refractivity contribution is 5.60. The normalized spacial score (nSPS) is 12.6. The lowest BCUT2D eigenvalue weighted by molar-refractivity contribution is 0.647. The van der Waals surface area contributed by atoms with Gasteiger partial charge in [0.2, 0.25) is 0 Å². The quantitative estimate of drug-likeness (QED) is 0.526. The third-order valence-electron chi connectivity index (χ3n) is 4.73. The lowest BCUT2D eigenvalue weighted by Crippen LogP contribution is -2.01. The lowest BCUT2D eigenvalue weighted by Gasteiger charge is -2.10. The molecule has 1 unspecified atom stereocenters. The maximum absolute atomic E-state index is 4.75. The summed E-state index contributed by atoms with van der Waals surface area (Å²) in [4.78, 5) is 13.3. The number of benzene rings is 1. The topological polar surface area (TPSA) is 56.0 Å². The minimum absolute atomic E-state index is 0.0987. The summed E-state index contributed by atoms with van der Waals surface area (Å²) >= 11 is 0. The van der Waals surface area contributed by atoms with Crippen molar-refractivity contribution in [2.24, 2.45) is 5.92 Å². The minimum atomic E-state index is 0.0987. The highest BCUT2D eigenvalue weighted by atomic mass is 15.3. The Morgan fingerprint density at radius 3 is 2.48 bits per heavy atom. The van der Waals surface area contributed by atoms with Crippen LogP contribution in [0.4, 0.5) is 0 Å². The number of hydrogen-bond donors (Lipinski definition) is 0. The molecule has 5 nitrogen and oxygen atoms in total. The van der Waals surface area contributed by atoms with Gasteiger partial charge in [0.15, 0.2) is 5.82 Å². The van der Waals surface area contributed by atoms with E-state index in [0.717, 1.165) is 23.5 Å². The van der Waals surface area contributed by atoms with Crippen molar-refractivity contribution in [2.75, 3.05) is 0 Å². The van der Waals surface area contributed by atoms with Gasteiger partial charge in [0.1, 0.15) is 0 Å². The van der Waals surface area contributed by atoms with E-state index in [4.69, 9.17) is 5.10 Å². The minimum Gasteiger partial charge on any atom is -0.264 e. The van der Waals surface area contributed by atoms with Gasteiger partial charge in [-0.3, -0.25) is 4.98 Å². The average molecular weight is 357 g/mol. The monoisotopic (exact) mass is 357 g/mol. The van der Waals surface area contributed by atoms with E-state index < -0.39 is 0 Å². The number of nitrogens with zero attached hydrogens (tertiary/aromatic N) is 5. The summed E-state index contributed by atoms with van der Waals surface area (Å²) in [7, 11) is 0. The first-order valence-corrected chi connectivity index (χ1v) is 9.32. The van der Waals surface area contributed by atoms with Crippen LogP contribution in [0.5, 0.6) is 0 Å². The molecule has 136 valence electrons. The van der Waals surface area contributed by atoms with Gasteiger partial charge in [0.25, 0.3) is 5.78 Å². The molecule has 1 aromatic carbocycles. The van der Waals surface area contributed by atoms with E-state index in [-0.39, 0.29) is 5.92 Å². The van der Waals surface area contributed by atoms with Crippen molar-refractivity contribution in [3.8, 4) is 11.3 Å². The van der Waals surface area contributed by atoms with Crippen molar-refractivity contribution >= 4 is 5.78 Å². The summed E-state index contributed by atoms with van der Waals surface area (Å²) in [6.45, 7) is 6.61. The Hall–Kier alpha value is -3.08. The molecule has 0 radical (unpaired) electrons.